The Morgan fingerprint density at radius 1 is 1.31 bits per heavy atom. The van der Waals surface area contributed by atoms with E-state index in [9.17, 15) is 4.79 Å². The molecule has 0 fully saturated rings. The minimum atomic E-state index is -0.330. The van der Waals surface area contributed by atoms with Gasteiger partial charge < -0.3 is 10.5 Å². The molecule has 16 heavy (non-hydrogen) atoms. The third-order valence-corrected chi connectivity index (χ3v) is 2.51. The Kier molecular flexibility index (Phi) is 4.83. The van der Waals surface area contributed by atoms with Crippen molar-refractivity contribution in [1.82, 2.24) is 0 Å². The van der Waals surface area contributed by atoms with Crippen LogP contribution in [0.25, 0.3) is 0 Å². The highest BCUT2D eigenvalue weighted by molar-refractivity contribution is 5.90. The number of carbonyl (C=O) groups excluding carboxylic acids is 1. The number of aryl methyl sites for hydroxylation is 1. The third kappa shape index (κ3) is 3.57. The Morgan fingerprint density at radius 2 is 2.06 bits per heavy atom. The van der Waals surface area contributed by atoms with Gasteiger partial charge in [-0.05, 0) is 36.6 Å². The maximum absolute atomic E-state index is 11.4. The Morgan fingerprint density at radius 3 is 2.69 bits per heavy atom. The summed E-state index contributed by atoms with van der Waals surface area (Å²) in [5.74, 6) is -0.330. The van der Waals surface area contributed by atoms with E-state index in [0.29, 0.717) is 11.3 Å². The van der Waals surface area contributed by atoms with Gasteiger partial charge in [0, 0.05) is 5.69 Å². The van der Waals surface area contributed by atoms with Crippen LogP contribution in [0.1, 0.15) is 42.1 Å². The van der Waals surface area contributed by atoms with Gasteiger partial charge in [-0.15, -0.1) is 0 Å². The monoisotopic (exact) mass is 221 g/mol. The van der Waals surface area contributed by atoms with Crippen molar-refractivity contribution < 1.29 is 9.53 Å². The Hall–Kier alpha value is -1.51. The summed E-state index contributed by atoms with van der Waals surface area (Å²) >= 11 is 0. The summed E-state index contributed by atoms with van der Waals surface area (Å²) in [6.07, 6.45) is 4.47. The maximum Gasteiger partial charge on any atom is 0.337 e. The molecule has 3 heteroatoms. The van der Waals surface area contributed by atoms with Crippen molar-refractivity contribution in [3.63, 3.8) is 0 Å². The molecule has 0 aromatic heterocycles. The molecule has 0 saturated carbocycles. The number of rotatable bonds is 5. The summed E-state index contributed by atoms with van der Waals surface area (Å²) in [6.45, 7) is 2.17. The van der Waals surface area contributed by atoms with E-state index >= 15 is 0 Å². The normalized spacial score (nSPS) is 10.1. The van der Waals surface area contributed by atoms with E-state index in [0.717, 1.165) is 18.4 Å². The molecule has 0 spiro atoms. The van der Waals surface area contributed by atoms with Crippen LogP contribution in [0.15, 0.2) is 18.2 Å². The molecule has 0 atom stereocenters. The number of nitrogen functional groups attached to an aromatic ring is 1. The number of methoxy groups -OCH3 is 1. The zero-order chi connectivity index (χ0) is 12.0. The van der Waals surface area contributed by atoms with Gasteiger partial charge >= 0.3 is 5.97 Å². The topological polar surface area (TPSA) is 52.3 Å². The minimum absolute atomic E-state index is 0.330. The molecule has 1 rings (SSSR count). The fourth-order valence-electron chi connectivity index (χ4n) is 1.68. The van der Waals surface area contributed by atoms with E-state index in [1.54, 1.807) is 6.07 Å². The van der Waals surface area contributed by atoms with Gasteiger partial charge in [0.05, 0.1) is 12.7 Å². The number of carbonyl (C=O) groups is 1. The smallest absolute Gasteiger partial charge is 0.337 e. The molecule has 0 bridgehead atoms. The Labute approximate surface area is 96.6 Å². The Balaban J connectivity index is 2.77. The van der Waals surface area contributed by atoms with Gasteiger partial charge in [0.1, 0.15) is 0 Å². The first kappa shape index (κ1) is 12.6. The van der Waals surface area contributed by atoms with E-state index in [2.05, 4.69) is 11.7 Å². The van der Waals surface area contributed by atoms with Crippen molar-refractivity contribution in [2.45, 2.75) is 32.6 Å². The van der Waals surface area contributed by atoms with Crippen LogP contribution in [-0.4, -0.2) is 13.1 Å². The SMILES string of the molecule is CCCCCc1cc(N)cc(C(=O)OC)c1. The summed E-state index contributed by atoms with van der Waals surface area (Å²) in [7, 11) is 1.38. The number of hydrogen-bond acceptors (Lipinski definition) is 3. The quantitative estimate of drug-likeness (QED) is 0.472. The van der Waals surface area contributed by atoms with Gasteiger partial charge in [0.25, 0.3) is 0 Å². The number of hydrogen-bond donors (Lipinski definition) is 1. The predicted molar refractivity (Wildman–Crippen MR) is 65.4 cm³/mol. The highest BCUT2D eigenvalue weighted by atomic mass is 16.5. The molecule has 0 unspecified atom stereocenters. The van der Waals surface area contributed by atoms with E-state index in [1.165, 1.54) is 20.0 Å². The number of anilines is 1. The number of unbranched alkanes of at least 4 members (excludes halogenated alkanes) is 2. The van der Waals surface area contributed by atoms with Crippen LogP contribution in [-0.2, 0) is 11.2 Å². The van der Waals surface area contributed by atoms with E-state index in [1.807, 2.05) is 12.1 Å². The molecule has 1 aromatic carbocycles. The van der Waals surface area contributed by atoms with Crippen LogP contribution in [0.5, 0.6) is 0 Å². The molecule has 0 aliphatic heterocycles. The summed E-state index contributed by atoms with van der Waals surface area (Å²) in [6, 6.07) is 5.43. The lowest BCUT2D eigenvalue weighted by molar-refractivity contribution is 0.0600. The second kappa shape index (κ2) is 6.16. The zero-order valence-corrected chi connectivity index (χ0v) is 9.95. The van der Waals surface area contributed by atoms with Gasteiger partial charge in [0.15, 0.2) is 0 Å². The summed E-state index contributed by atoms with van der Waals surface area (Å²) in [4.78, 5) is 11.4. The van der Waals surface area contributed by atoms with Crippen molar-refractivity contribution in [1.29, 1.82) is 0 Å². The van der Waals surface area contributed by atoms with E-state index in [4.69, 9.17) is 5.73 Å². The van der Waals surface area contributed by atoms with Crippen LogP contribution in [0.3, 0.4) is 0 Å². The molecular formula is C13H19NO2. The first-order valence-corrected chi connectivity index (χ1v) is 5.65. The highest BCUT2D eigenvalue weighted by Gasteiger charge is 2.07. The average Bonchev–Trinajstić information content (AvgIpc) is 2.27. The van der Waals surface area contributed by atoms with Gasteiger partial charge in [0.2, 0.25) is 0 Å². The third-order valence-electron chi connectivity index (χ3n) is 2.51. The van der Waals surface area contributed by atoms with Crippen LogP contribution < -0.4 is 5.73 Å². The van der Waals surface area contributed by atoms with Crippen molar-refractivity contribution in [2.24, 2.45) is 0 Å². The molecule has 1 aromatic rings. The van der Waals surface area contributed by atoms with Crippen LogP contribution in [0.4, 0.5) is 5.69 Å². The predicted octanol–water partition coefficient (Wildman–Crippen LogP) is 2.79. The van der Waals surface area contributed by atoms with E-state index in [-0.39, 0.29) is 5.97 Å². The summed E-state index contributed by atoms with van der Waals surface area (Å²) in [5, 5.41) is 0. The second-order valence-corrected chi connectivity index (χ2v) is 3.91. The van der Waals surface area contributed by atoms with Crippen molar-refractivity contribution in [2.75, 3.05) is 12.8 Å². The molecule has 3 nitrogen and oxygen atoms in total. The largest absolute Gasteiger partial charge is 0.465 e. The highest BCUT2D eigenvalue weighted by Crippen LogP contribution is 2.15. The minimum Gasteiger partial charge on any atom is -0.465 e. The fourth-order valence-corrected chi connectivity index (χ4v) is 1.68. The second-order valence-electron chi connectivity index (χ2n) is 3.91. The maximum atomic E-state index is 11.4. The number of ether oxygens (including phenoxy) is 1. The molecule has 2 N–H and O–H groups in total. The molecule has 0 radical (unpaired) electrons. The van der Waals surface area contributed by atoms with Gasteiger partial charge in [-0.1, -0.05) is 19.8 Å². The molecule has 0 aliphatic carbocycles. The lowest BCUT2D eigenvalue weighted by atomic mass is 10.0. The van der Waals surface area contributed by atoms with Crippen molar-refractivity contribution in [3.05, 3.63) is 29.3 Å². The average molecular weight is 221 g/mol. The van der Waals surface area contributed by atoms with Crippen LogP contribution >= 0.6 is 0 Å². The van der Waals surface area contributed by atoms with Gasteiger partial charge in [-0.25, -0.2) is 4.79 Å². The number of esters is 1. The zero-order valence-electron chi connectivity index (χ0n) is 9.95. The lowest BCUT2D eigenvalue weighted by Gasteiger charge is -2.06. The van der Waals surface area contributed by atoms with Gasteiger partial charge in [-0.3, -0.25) is 0 Å². The van der Waals surface area contributed by atoms with Gasteiger partial charge in [-0.2, -0.15) is 0 Å². The number of nitrogens with two attached hydrogens (primary N) is 1. The standard InChI is InChI=1S/C13H19NO2/c1-3-4-5-6-10-7-11(13(15)16-2)9-12(14)8-10/h7-9H,3-6,14H2,1-2H3. The lowest BCUT2D eigenvalue weighted by Crippen LogP contribution is -2.03. The Bertz CT molecular complexity index is 361. The van der Waals surface area contributed by atoms with Crippen LogP contribution in [0.2, 0.25) is 0 Å². The fraction of sp³-hybridized carbons (Fsp3) is 0.462. The summed E-state index contributed by atoms with van der Waals surface area (Å²) in [5.41, 5.74) is 8.01. The van der Waals surface area contributed by atoms with Crippen molar-refractivity contribution in [3.8, 4) is 0 Å². The summed E-state index contributed by atoms with van der Waals surface area (Å²) < 4.78 is 4.68. The molecule has 0 aliphatic rings. The molecular weight excluding hydrogens is 202 g/mol. The molecule has 88 valence electrons. The first-order valence-electron chi connectivity index (χ1n) is 5.65. The van der Waals surface area contributed by atoms with Crippen LogP contribution in [0, 0.1) is 0 Å². The molecule has 0 saturated heterocycles. The van der Waals surface area contributed by atoms with E-state index < -0.39 is 0 Å². The number of benzene rings is 1. The molecule has 0 amide bonds. The van der Waals surface area contributed by atoms with Crippen molar-refractivity contribution >= 4 is 11.7 Å². The molecule has 0 heterocycles. The first-order chi connectivity index (χ1) is 7.67.